The average molecular weight is 199 g/mol. The van der Waals surface area contributed by atoms with Gasteiger partial charge in [0.25, 0.3) is 5.56 Å². The molecule has 0 fully saturated rings. The topological polar surface area (TPSA) is 128 Å². The number of hydrogen-bond acceptors (Lipinski definition) is 4. The molecule has 7 nitrogen and oxygen atoms in total. The smallest absolute Gasteiger partial charge is 0.340 e. The van der Waals surface area contributed by atoms with E-state index in [-0.39, 0.29) is 0 Å². The van der Waals surface area contributed by atoms with Crippen molar-refractivity contribution < 1.29 is 24.9 Å². The Morgan fingerprint density at radius 1 is 1.21 bits per heavy atom. The summed E-state index contributed by atoms with van der Waals surface area (Å²) in [6.07, 6.45) is 0.716. The molecule has 0 saturated heterocycles. The Bertz CT molecular complexity index is 460. The quantitative estimate of drug-likeness (QED) is 0.507. The number of carboxylic acid groups (broad SMARTS) is 2. The largest absolute Gasteiger partial charge is 0.502 e. The van der Waals surface area contributed by atoms with E-state index >= 15 is 0 Å². The zero-order valence-corrected chi connectivity index (χ0v) is 6.64. The van der Waals surface area contributed by atoms with Crippen LogP contribution in [0.25, 0.3) is 0 Å². The Labute approximate surface area is 76.2 Å². The van der Waals surface area contributed by atoms with Gasteiger partial charge >= 0.3 is 11.9 Å². The number of carbonyl (C=O) groups is 2. The third-order valence-corrected chi connectivity index (χ3v) is 1.51. The first-order chi connectivity index (χ1) is 6.45. The van der Waals surface area contributed by atoms with E-state index in [1.165, 1.54) is 0 Å². The Balaban J connectivity index is 3.62. The number of aromatic hydroxyl groups is 1. The number of aromatic amines is 1. The van der Waals surface area contributed by atoms with Gasteiger partial charge in [-0.25, -0.2) is 9.59 Å². The summed E-state index contributed by atoms with van der Waals surface area (Å²) in [5, 5.41) is 26.1. The van der Waals surface area contributed by atoms with Crippen LogP contribution >= 0.6 is 0 Å². The summed E-state index contributed by atoms with van der Waals surface area (Å²) in [6, 6.07) is 0. The summed E-state index contributed by atoms with van der Waals surface area (Å²) in [5.41, 5.74) is -2.64. The minimum atomic E-state index is -1.67. The summed E-state index contributed by atoms with van der Waals surface area (Å²) >= 11 is 0. The molecular weight excluding hydrogens is 194 g/mol. The van der Waals surface area contributed by atoms with Crippen molar-refractivity contribution >= 4 is 11.9 Å². The van der Waals surface area contributed by atoms with Crippen LogP contribution in [-0.2, 0) is 0 Å². The highest BCUT2D eigenvalue weighted by Crippen LogP contribution is 2.15. The fourth-order valence-electron chi connectivity index (χ4n) is 0.904. The van der Waals surface area contributed by atoms with Crippen molar-refractivity contribution in [1.29, 1.82) is 0 Å². The molecule has 4 N–H and O–H groups in total. The van der Waals surface area contributed by atoms with E-state index in [1.54, 1.807) is 0 Å². The second-order valence-corrected chi connectivity index (χ2v) is 2.37. The van der Waals surface area contributed by atoms with Crippen LogP contribution in [-0.4, -0.2) is 32.2 Å². The molecule has 0 saturated carbocycles. The van der Waals surface area contributed by atoms with Crippen LogP contribution in [0.5, 0.6) is 5.75 Å². The number of hydrogen-bond donors (Lipinski definition) is 4. The normalized spacial score (nSPS) is 9.71. The maximum absolute atomic E-state index is 10.8. The molecule has 1 rings (SSSR count). The summed E-state index contributed by atoms with van der Waals surface area (Å²) in [4.78, 5) is 33.7. The number of aromatic carboxylic acids is 2. The van der Waals surface area contributed by atoms with Gasteiger partial charge in [-0.1, -0.05) is 0 Å². The molecule has 0 bridgehead atoms. The predicted octanol–water partition coefficient (Wildman–Crippen LogP) is -0.523. The number of aromatic nitrogens is 1. The van der Waals surface area contributed by atoms with Gasteiger partial charge in [-0.3, -0.25) is 4.79 Å². The van der Waals surface area contributed by atoms with Gasteiger partial charge in [0, 0.05) is 6.20 Å². The first-order valence-corrected chi connectivity index (χ1v) is 3.36. The van der Waals surface area contributed by atoms with Gasteiger partial charge in [0.15, 0.2) is 5.75 Å². The van der Waals surface area contributed by atoms with Crippen molar-refractivity contribution in [3.05, 3.63) is 27.7 Å². The standard InChI is InChI=1S/C7H5NO6/c9-4-3(7(13)14)2(6(11)12)1-8-5(4)10/h1,9H,(H,8,10)(H,11,12)(H,13,14). The summed E-state index contributed by atoms with van der Waals surface area (Å²) in [5.74, 6) is -4.34. The zero-order valence-electron chi connectivity index (χ0n) is 6.64. The number of carboxylic acids is 2. The highest BCUT2D eigenvalue weighted by atomic mass is 16.4. The Hall–Kier alpha value is -2.31. The lowest BCUT2D eigenvalue weighted by Crippen LogP contribution is -2.16. The van der Waals surface area contributed by atoms with E-state index in [9.17, 15) is 14.4 Å². The molecule has 0 aromatic carbocycles. The lowest BCUT2D eigenvalue weighted by atomic mass is 10.1. The molecule has 0 aliphatic carbocycles. The number of pyridine rings is 1. The van der Waals surface area contributed by atoms with Gasteiger partial charge in [-0.05, 0) is 0 Å². The minimum Gasteiger partial charge on any atom is -0.502 e. The molecule has 0 atom stereocenters. The SMILES string of the molecule is O=C(O)c1c[nH]c(=O)c(O)c1C(=O)O. The Morgan fingerprint density at radius 3 is 2.21 bits per heavy atom. The molecular formula is C7H5NO6. The molecule has 0 amide bonds. The molecule has 0 radical (unpaired) electrons. The number of H-pyrrole nitrogens is 1. The van der Waals surface area contributed by atoms with Crippen LogP contribution in [0.15, 0.2) is 11.0 Å². The number of rotatable bonds is 2. The molecule has 0 aliphatic rings. The Kier molecular flexibility index (Phi) is 2.24. The molecule has 1 heterocycles. The molecule has 0 aliphatic heterocycles. The van der Waals surface area contributed by atoms with Crippen molar-refractivity contribution in [1.82, 2.24) is 4.98 Å². The maximum Gasteiger partial charge on any atom is 0.340 e. The van der Waals surface area contributed by atoms with Crippen molar-refractivity contribution in [3.8, 4) is 5.75 Å². The van der Waals surface area contributed by atoms with E-state index in [1.807, 2.05) is 4.98 Å². The van der Waals surface area contributed by atoms with Gasteiger partial charge in [0.1, 0.15) is 5.56 Å². The van der Waals surface area contributed by atoms with E-state index in [0.717, 1.165) is 0 Å². The maximum atomic E-state index is 10.8. The highest BCUT2D eigenvalue weighted by molar-refractivity contribution is 6.03. The molecule has 1 aromatic heterocycles. The van der Waals surface area contributed by atoms with E-state index in [4.69, 9.17) is 15.3 Å². The van der Waals surface area contributed by atoms with Crippen molar-refractivity contribution in [2.45, 2.75) is 0 Å². The fraction of sp³-hybridized carbons (Fsp3) is 0. The van der Waals surface area contributed by atoms with Crippen LogP contribution in [0.3, 0.4) is 0 Å². The van der Waals surface area contributed by atoms with Crippen LogP contribution in [0.4, 0.5) is 0 Å². The monoisotopic (exact) mass is 199 g/mol. The van der Waals surface area contributed by atoms with E-state index in [0.29, 0.717) is 6.20 Å². The second-order valence-electron chi connectivity index (χ2n) is 2.37. The van der Waals surface area contributed by atoms with Crippen LogP contribution in [0.1, 0.15) is 20.7 Å². The molecule has 7 heteroatoms. The van der Waals surface area contributed by atoms with Gasteiger partial charge in [-0.2, -0.15) is 0 Å². The van der Waals surface area contributed by atoms with Crippen LogP contribution in [0, 0.1) is 0 Å². The molecule has 14 heavy (non-hydrogen) atoms. The summed E-state index contributed by atoms with van der Waals surface area (Å²) in [7, 11) is 0. The van der Waals surface area contributed by atoms with Gasteiger partial charge in [-0.15, -0.1) is 0 Å². The first kappa shape index (κ1) is 9.78. The summed E-state index contributed by atoms with van der Waals surface area (Å²) < 4.78 is 0. The zero-order chi connectivity index (χ0) is 10.9. The van der Waals surface area contributed by atoms with E-state index in [2.05, 4.69) is 0 Å². The number of nitrogens with one attached hydrogen (secondary N) is 1. The lowest BCUT2D eigenvalue weighted by Gasteiger charge is -2.01. The third-order valence-electron chi connectivity index (χ3n) is 1.51. The average Bonchev–Trinajstić information content (AvgIpc) is 2.08. The lowest BCUT2D eigenvalue weighted by molar-refractivity contribution is 0.0647. The highest BCUT2D eigenvalue weighted by Gasteiger charge is 2.22. The van der Waals surface area contributed by atoms with Gasteiger partial charge in [0.2, 0.25) is 0 Å². The van der Waals surface area contributed by atoms with Crippen LogP contribution in [0.2, 0.25) is 0 Å². The predicted molar refractivity (Wildman–Crippen MR) is 42.6 cm³/mol. The second kappa shape index (κ2) is 3.21. The Morgan fingerprint density at radius 2 is 1.79 bits per heavy atom. The van der Waals surface area contributed by atoms with Crippen molar-refractivity contribution in [3.63, 3.8) is 0 Å². The van der Waals surface area contributed by atoms with Crippen molar-refractivity contribution in [2.75, 3.05) is 0 Å². The molecule has 0 spiro atoms. The first-order valence-electron chi connectivity index (χ1n) is 3.36. The van der Waals surface area contributed by atoms with Crippen molar-refractivity contribution in [2.24, 2.45) is 0 Å². The molecule has 1 aromatic rings. The van der Waals surface area contributed by atoms with Crippen LogP contribution < -0.4 is 5.56 Å². The molecule has 74 valence electrons. The van der Waals surface area contributed by atoms with E-state index < -0.39 is 34.4 Å². The third kappa shape index (κ3) is 1.42. The molecule has 0 unspecified atom stereocenters. The van der Waals surface area contributed by atoms with Gasteiger partial charge < -0.3 is 20.3 Å². The van der Waals surface area contributed by atoms with Gasteiger partial charge in [0.05, 0.1) is 5.56 Å². The fourth-order valence-corrected chi connectivity index (χ4v) is 0.904. The summed E-state index contributed by atoms with van der Waals surface area (Å²) in [6.45, 7) is 0. The minimum absolute atomic E-state index is 0.672.